The van der Waals surface area contributed by atoms with Crippen LogP contribution < -0.4 is 5.11 Å². The van der Waals surface area contributed by atoms with Crippen molar-refractivity contribution in [1.29, 1.82) is 0 Å². The summed E-state index contributed by atoms with van der Waals surface area (Å²) in [4.78, 5) is 40.6. The summed E-state index contributed by atoms with van der Waals surface area (Å²) in [5.74, 6) is -1.57. The van der Waals surface area contributed by atoms with Crippen LogP contribution in [0.3, 0.4) is 0 Å². The minimum atomic E-state index is -1.60. The van der Waals surface area contributed by atoms with E-state index < -0.39 is 17.1 Å². The molecular formula is C22H18N2O4. The molecule has 0 amide bonds. The summed E-state index contributed by atoms with van der Waals surface area (Å²) in [5.41, 5.74) is -0.320. The van der Waals surface area contributed by atoms with E-state index in [0.717, 1.165) is 0 Å². The van der Waals surface area contributed by atoms with Gasteiger partial charge in [-0.25, -0.2) is 4.58 Å². The fraction of sp³-hybridized carbons (Fsp3) is 0.182. The van der Waals surface area contributed by atoms with Gasteiger partial charge in [0.1, 0.15) is 13.8 Å². The fourth-order valence-electron chi connectivity index (χ4n) is 4.05. The topological polar surface area (TPSA) is 80.5 Å². The number of ketones is 3. The zero-order chi connectivity index (χ0) is 20.2. The van der Waals surface area contributed by atoms with Crippen molar-refractivity contribution in [2.75, 3.05) is 20.6 Å². The van der Waals surface area contributed by atoms with Crippen LogP contribution in [0.2, 0.25) is 0 Å². The summed E-state index contributed by atoms with van der Waals surface area (Å²) in [6.45, 7) is 3.67. The van der Waals surface area contributed by atoms with E-state index in [1.54, 1.807) is 62.6 Å². The Kier molecular flexibility index (Phi) is 3.82. The van der Waals surface area contributed by atoms with Gasteiger partial charge < -0.3 is 10.0 Å². The van der Waals surface area contributed by atoms with Crippen LogP contribution in [0.15, 0.2) is 54.2 Å². The van der Waals surface area contributed by atoms with Crippen LogP contribution in [0.4, 0.5) is 0 Å². The number of rotatable bonds is 4. The van der Waals surface area contributed by atoms with Gasteiger partial charge in [-0.1, -0.05) is 54.3 Å². The molecule has 140 valence electrons. The van der Waals surface area contributed by atoms with Gasteiger partial charge in [-0.05, 0) is 5.56 Å². The van der Waals surface area contributed by atoms with Gasteiger partial charge in [0.2, 0.25) is 17.3 Å². The molecule has 2 aliphatic rings. The Morgan fingerprint density at radius 3 is 1.86 bits per heavy atom. The van der Waals surface area contributed by atoms with Gasteiger partial charge in [-0.3, -0.25) is 14.4 Å². The minimum absolute atomic E-state index is 0.0426. The number of hydrogen-bond donors (Lipinski definition) is 0. The molecule has 0 spiro atoms. The highest BCUT2D eigenvalue weighted by atomic mass is 16.3. The second kappa shape index (κ2) is 5.99. The average molecular weight is 374 g/mol. The molecule has 0 aliphatic heterocycles. The van der Waals surface area contributed by atoms with Crippen LogP contribution >= 0.6 is 0 Å². The molecule has 0 fully saturated rings. The number of carbonyl (C=O) groups is 3. The van der Waals surface area contributed by atoms with E-state index in [2.05, 4.69) is 6.72 Å². The third-order valence-corrected chi connectivity index (χ3v) is 5.51. The number of allylic oxidation sites excluding steroid dienone is 1. The number of fused-ring (bicyclic) bond motifs is 2. The Hall–Kier alpha value is -3.54. The fourth-order valence-corrected chi connectivity index (χ4v) is 4.05. The maximum absolute atomic E-state index is 13.2. The smallest absolute Gasteiger partial charge is 0.304 e. The molecule has 0 aromatic heterocycles. The Balaban J connectivity index is 1.77. The number of likely N-dealkylation sites (N-methyl/N-ethyl adjacent to an activating group) is 2. The van der Waals surface area contributed by atoms with Gasteiger partial charge in [-0.2, -0.15) is 0 Å². The maximum Gasteiger partial charge on any atom is 0.304 e. The van der Waals surface area contributed by atoms with Crippen molar-refractivity contribution in [1.82, 2.24) is 4.90 Å². The monoisotopic (exact) mass is 374 g/mol. The summed E-state index contributed by atoms with van der Waals surface area (Å²) in [6.07, 6.45) is 0. The number of benzene rings is 2. The van der Waals surface area contributed by atoms with E-state index in [9.17, 15) is 19.5 Å². The summed E-state index contributed by atoms with van der Waals surface area (Å²) in [7, 11) is 3.10. The predicted molar refractivity (Wildman–Crippen MR) is 101 cm³/mol. The van der Waals surface area contributed by atoms with Crippen LogP contribution in [0.5, 0.6) is 0 Å². The largest absolute Gasteiger partial charge is 0.871 e. The standard InChI is InChI=1S/C22H18N2O4/c1-23(2)22(20(27)15-10-6-7-11-16(15)21(22)28)12-24(3)17-18(25)13-8-4-5-9-14(13)19(17)26/h4-11H,1,12H2,2-3H3. The van der Waals surface area contributed by atoms with E-state index in [4.69, 9.17) is 0 Å². The number of carbonyl (C=O) groups excluding carboxylic acids is 3. The van der Waals surface area contributed by atoms with Crippen LogP contribution in [0.1, 0.15) is 36.6 Å². The van der Waals surface area contributed by atoms with Crippen LogP contribution in [-0.2, 0) is 0 Å². The first-order chi connectivity index (χ1) is 13.3. The average Bonchev–Trinajstić information content (AvgIpc) is 3.07. The number of nitrogens with zero attached hydrogens (tertiary/aromatic N) is 2. The van der Waals surface area contributed by atoms with Gasteiger partial charge in [-0.15, -0.1) is 0 Å². The lowest BCUT2D eigenvalue weighted by Gasteiger charge is -2.30. The highest BCUT2D eigenvalue weighted by Gasteiger charge is 2.61. The molecule has 2 aromatic carbocycles. The van der Waals surface area contributed by atoms with Crippen molar-refractivity contribution in [2.45, 2.75) is 5.54 Å². The third-order valence-electron chi connectivity index (χ3n) is 5.51. The molecule has 0 radical (unpaired) electrons. The van der Waals surface area contributed by atoms with Crippen LogP contribution in [-0.4, -0.2) is 59.7 Å². The van der Waals surface area contributed by atoms with Crippen molar-refractivity contribution in [3.63, 3.8) is 0 Å². The second-order valence-electron chi connectivity index (χ2n) is 7.17. The molecule has 4 rings (SSSR count). The van der Waals surface area contributed by atoms with Gasteiger partial charge in [0.25, 0.3) is 0 Å². The van der Waals surface area contributed by atoms with Gasteiger partial charge in [0.05, 0.1) is 12.2 Å². The van der Waals surface area contributed by atoms with Crippen molar-refractivity contribution >= 4 is 29.8 Å². The van der Waals surface area contributed by atoms with E-state index in [1.165, 1.54) is 9.48 Å². The molecule has 0 N–H and O–H groups in total. The highest BCUT2D eigenvalue weighted by Crippen LogP contribution is 2.36. The summed E-state index contributed by atoms with van der Waals surface area (Å²) >= 11 is 0. The molecule has 2 aliphatic carbocycles. The van der Waals surface area contributed by atoms with Crippen LogP contribution in [0, 0.1) is 0 Å². The molecule has 6 nitrogen and oxygen atoms in total. The normalized spacial score (nSPS) is 17.0. The quantitative estimate of drug-likeness (QED) is 0.453. The Labute approximate surface area is 162 Å². The maximum atomic E-state index is 13.2. The Bertz CT molecular complexity index is 1080. The van der Waals surface area contributed by atoms with E-state index in [0.29, 0.717) is 22.3 Å². The first-order valence-electron chi connectivity index (χ1n) is 8.80. The van der Waals surface area contributed by atoms with E-state index in [1.807, 2.05) is 0 Å². The predicted octanol–water partition coefficient (Wildman–Crippen LogP) is 1.00. The number of Topliss-reactive ketones (excluding diaryl/α,β-unsaturated/α-hetero) is 3. The van der Waals surface area contributed by atoms with Gasteiger partial charge in [0.15, 0.2) is 0 Å². The molecule has 0 bridgehead atoms. The molecule has 0 saturated heterocycles. The first kappa shape index (κ1) is 17.9. The summed E-state index contributed by atoms with van der Waals surface area (Å²) in [6, 6.07) is 13.2. The van der Waals surface area contributed by atoms with Crippen molar-refractivity contribution < 1.29 is 24.1 Å². The molecule has 0 atom stereocenters. The summed E-state index contributed by atoms with van der Waals surface area (Å²) in [5, 5.41) is 12.8. The SMILES string of the molecule is C=[N+](C)C1(CN(C)C2=C([O-])c3ccccc3C2=O)C(=O)c2ccccc2C1=O. The lowest BCUT2D eigenvalue weighted by molar-refractivity contribution is -0.537. The van der Waals surface area contributed by atoms with Crippen molar-refractivity contribution in [3.05, 3.63) is 76.5 Å². The molecular weight excluding hydrogens is 356 g/mol. The lowest BCUT2D eigenvalue weighted by atomic mass is 9.91. The minimum Gasteiger partial charge on any atom is -0.871 e. The van der Waals surface area contributed by atoms with Crippen LogP contribution in [0.25, 0.3) is 5.76 Å². The summed E-state index contributed by atoms with van der Waals surface area (Å²) < 4.78 is 1.33. The van der Waals surface area contributed by atoms with Crippen molar-refractivity contribution in [2.24, 2.45) is 0 Å². The molecule has 0 heterocycles. The zero-order valence-corrected chi connectivity index (χ0v) is 15.6. The molecule has 2 aromatic rings. The highest BCUT2D eigenvalue weighted by molar-refractivity contribution is 6.32. The van der Waals surface area contributed by atoms with Gasteiger partial charge in [0, 0.05) is 23.7 Å². The number of hydrogen-bond acceptors (Lipinski definition) is 5. The molecule has 28 heavy (non-hydrogen) atoms. The lowest BCUT2D eigenvalue weighted by Crippen LogP contribution is -2.57. The van der Waals surface area contributed by atoms with Crippen molar-refractivity contribution in [3.8, 4) is 0 Å². The Morgan fingerprint density at radius 1 is 0.929 bits per heavy atom. The molecule has 6 heteroatoms. The van der Waals surface area contributed by atoms with Gasteiger partial charge >= 0.3 is 5.54 Å². The molecule has 0 saturated carbocycles. The Morgan fingerprint density at radius 2 is 1.39 bits per heavy atom. The van der Waals surface area contributed by atoms with E-state index in [-0.39, 0.29) is 23.8 Å². The zero-order valence-electron chi connectivity index (χ0n) is 15.6. The molecule has 0 unspecified atom stereocenters. The van der Waals surface area contributed by atoms with E-state index >= 15 is 0 Å². The third kappa shape index (κ3) is 2.14. The first-order valence-corrected chi connectivity index (χ1v) is 8.80. The second-order valence-corrected chi connectivity index (χ2v) is 7.17.